The van der Waals surface area contributed by atoms with Crippen LogP contribution in [-0.4, -0.2) is 37.8 Å². The molecule has 4 nitrogen and oxygen atoms in total. The van der Waals surface area contributed by atoms with Crippen molar-refractivity contribution in [1.82, 2.24) is 0 Å². The lowest BCUT2D eigenvalue weighted by Crippen LogP contribution is -2.31. The van der Waals surface area contributed by atoms with E-state index in [1.807, 2.05) is 6.08 Å². The van der Waals surface area contributed by atoms with Gasteiger partial charge in [-0.15, -0.1) is 0 Å². The van der Waals surface area contributed by atoms with Gasteiger partial charge in [-0.1, -0.05) is 12.2 Å². The first kappa shape index (κ1) is 11.9. The van der Waals surface area contributed by atoms with E-state index in [4.69, 9.17) is 14.6 Å². The van der Waals surface area contributed by atoms with E-state index in [-0.39, 0.29) is 18.3 Å². The lowest BCUT2D eigenvalue weighted by Gasteiger charge is -2.23. The zero-order valence-corrected chi connectivity index (χ0v) is 8.97. The number of methoxy groups -OCH3 is 2. The zero-order valence-electron chi connectivity index (χ0n) is 8.97. The van der Waals surface area contributed by atoms with Crippen LogP contribution in [0.1, 0.15) is 6.42 Å². The van der Waals surface area contributed by atoms with Gasteiger partial charge in [0.15, 0.2) is 5.76 Å². The summed E-state index contributed by atoms with van der Waals surface area (Å²) in [5.74, 6) is 0.295. The van der Waals surface area contributed by atoms with E-state index >= 15 is 0 Å². The highest BCUT2D eigenvalue weighted by molar-refractivity contribution is 5.98. The number of hydrogen-bond acceptors (Lipinski definition) is 4. The molecule has 0 aliphatic heterocycles. The number of aliphatic hydroxyl groups is 1. The lowest BCUT2D eigenvalue weighted by molar-refractivity contribution is -0.129. The molecular weight excluding hydrogens is 196 g/mol. The van der Waals surface area contributed by atoms with Gasteiger partial charge in [0.25, 0.3) is 0 Å². The van der Waals surface area contributed by atoms with Gasteiger partial charge in [-0.3, -0.25) is 4.79 Å². The van der Waals surface area contributed by atoms with Gasteiger partial charge in [-0.25, -0.2) is 0 Å². The van der Waals surface area contributed by atoms with Gasteiger partial charge < -0.3 is 14.6 Å². The van der Waals surface area contributed by atoms with Crippen molar-refractivity contribution in [3.63, 3.8) is 0 Å². The molecule has 1 N–H and O–H groups in total. The molecule has 0 radical (unpaired) electrons. The average Bonchev–Trinajstić information content (AvgIpc) is 2.27. The van der Waals surface area contributed by atoms with Gasteiger partial charge in [0.1, 0.15) is 6.10 Å². The summed E-state index contributed by atoms with van der Waals surface area (Å²) in [6, 6.07) is 0. The van der Waals surface area contributed by atoms with E-state index in [0.29, 0.717) is 12.2 Å². The fourth-order valence-electron chi connectivity index (χ4n) is 1.60. The lowest BCUT2D eigenvalue weighted by atomic mass is 9.91. The number of allylic oxidation sites excluding steroid dienone is 2. The predicted octanol–water partition coefficient (Wildman–Crippen LogP) is 0.669. The predicted molar refractivity (Wildman–Crippen MR) is 55.2 cm³/mol. The molecule has 0 heterocycles. The van der Waals surface area contributed by atoms with Gasteiger partial charge in [-0.05, 0) is 12.5 Å². The minimum atomic E-state index is -0.446. The summed E-state index contributed by atoms with van der Waals surface area (Å²) < 4.78 is 10.1. The van der Waals surface area contributed by atoms with Gasteiger partial charge in [0, 0.05) is 13.0 Å². The molecule has 4 heteroatoms. The Morgan fingerprint density at radius 1 is 1.60 bits per heavy atom. The molecule has 0 fully saturated rings. The van der Waals surface area contributed by atoms with Gasteiger partial charge in [0.2, 0.25) is 5.78 Å². The van der Waals surface area contributed by atoms with Crippen molar-refractivity contribution in [2.75, 3.05) is 20.8 Å². The first-order chi connectivity index (χ1) is 7.22. The summed E-state index contributed by atoms with van der Waals surface area (Å²) in [5, 5.41) is 8.66. The summed E-state index contributed by atoms with van der Waals surface area (Å²) >= 11 is 0. The number of ether oxygens (including phenoxy) is 2. The van der Waals surface area contributed by atoms with Crippen molar-refractivity contribution in [3.05, 3.63) is 24.0 Å². The smallest absolute Gasteiger partial charge is 0.225 e. The highest BCUT2D eigenvalue weighted by Gasteiger charge is 2.29. The fourth-order valence-corrected chi connectivity index (χ4v) is 1.60. The molecule has 1 rings (SSSR count). The van der Waals surface area contributed by atoms with Crippen LogP contribution < -0.4 is 0 Å². The van der Waals surface area contributed by atoms with Crippen molar-refractivity contribution in [2.45, 2.75) is 12.5 Å². The number of rotatable bonds is 4. The second-order valence-electron chi connectivity index (χ2n) is 3.33. The molecular formula is C11H16O4. The van der Waals surface area contributed by atoms with Crippen LogP contribution in [0.15, 0.2) is 24.0 Å². The molecule has 0 aromatic heterocycles. The molecule has 1 aliphatic rings. The molecule has 0 bridgehead atoms. The minimum Gasteiger partial charge on any atom is -0.493 e. The standard InChI is InChI=1S/C11H16O4/c1-14-9-6-8(4-3-5-12)7-10(15-2)11(9)13/h3-4,6,8,10,12H,5,7H2,1-2H3. The molecule has 0 saturated carbocycles. The largest absolute Gasteiger partial charge is 0.493 e. The van der Waals surface area contributed by atoms with Crippen molar-refractivity contribution in [3.8, 4) is 0 Å². The van der Waals surface area contributed by atoms with E-state index < -0.39 is 6.10 Å². The summed E-state index contributed by atoms with van der Waals surface area (Å²) in [5.41, 5.74) is 0. The molecule has 0 aromatic carbocycles. The normalized spacial score (nSPS) is 26.9. The van der Waals surface area contributed by atoms with E-state index in [9.17, 15) is 4.79 Å². The Bertz CT molecular complexity index is 280. The third kappa shape index (κ3) is 2.91. The molecule has 2 atom stereocenters. The maximum Gasteiger partial charge on any atom is 0.225 e. The molecule has 0 amide bonds. The van der Waals surface area contributed by atoms with Crippen molar-refractivity contribution >= 4 is 5.78 Å². The quantitative estimate of drug-likeness (QED) is 0.696. The summed E-state index contributed by atoms with van der Waals surface area (Å²) in [7, 11) is 2.97. The Labute approximate surface area is 89.2 Å². The monoisotopic (exact) mass is 212 g/mol. The summed E-state index contributed by atoms with van der Waals surface area (Å²) in [6.07, 6.45) is 5.40. The molecule has 1 aliphatic carbocycles. The maximum absolute atomic E-state index is 11.6. The Morgan fingerprint density at radius 2 is 2.33 bits per heavy atom. The topological polar surface area (TPSA) is 55.8 Å². The Morgan fingerprint density at radius 3 is 2.87 bits per heavy atom. The first-order valence-corrected chi connectivity index (χ1v) is 4.83. The van der Waals surface area contributed by atoms with Crippen molar-refractivity contribution < 1.29 is 19.4 Å². The summed E-state index contributed by atoms with van der Waals surface area (Å²) in [4.78, 5) is 11.6. The van der Waals surface area contributed by atoms with Gasteiger partial charge >= 0.3 is 0 Å². The zero-order chi connectivity index (χ0) is 11.3. The van der Waals surface area contributed by atoms with Crippen molar-refractivity contribution in [1.29, 1.82) is 0 Å². The second-order valence-corrected chi connectivity index (χ2v) is 3.33. The molecule has 84 valence electrons. The molecule has 0 saturated heterocycles. The van der Waals surface area contributed by atoms with E-state index in [2.05, 4.69) is 0 Å². The van der Waals surface area contributed by atoms with E-state index in [1.165, 1.54) is 14.2 Å². The van der Waals surface area contributed by atoms with Gasteiger partial charge in [-0.2, -0.15) is 0 Å². The van der Waals surface area contributed by atoms with E-state index in [0.717, 1.165) is 0 Å². The van der Waals surface area contributed by atoms with Gasteiger partial charge in [0.05, 0.1) is 13.7 Å². The minimum absolute atomic E-state index is 0.00174. The molecule has 15 heavy (non-hydrogen) atoms. The third-order valence-electron chi connectivity index (χ3n) is 2.38. The Balaban J connectivity index is 2.80. The summed E-state index contributed by atoms with van der Waals surface area (Å²) in [6.45, 7) is -0.00174. The highest BCUT2D eigenvalue weighted by Crippen LogP contribution is 2.23. The molecule has 2 unspecified atom stereocenters. The molecule has 0 aromatic rings. The number of Topliss-reactive ketones (excluding diaryl/α,β-unsaturated/α-hetero) is 1. The van der Waals surface area contributed by atoms with Crippen LogP contribution in [0, 0.1) is 5.92 Å². The van der Waals surface area contributed by atoms with Crippen LogP contribution in [-0.2, 0) is 14.3 Å². The first-order valence-electron chi connectivity index (χ1n) is 4.83. The van der Waals surface area contributed by atoms with Crippen LogP contribution in [0.3, 0.4) is 0 Å². The number of carbonyl (C=O) groups excluding carboxylic acids is 1. The maximum atomic E-state index is 11.6. The Hall–Kier alpha value is -1.13. The molecule has 0 spiro atoms. The number of carbonyl (C=O) groups is 1. The van der Waals surface area contributed by atoms with Crippen LogP contribution in [0.5, 0.6) is 0 Å². The number of hydrogen-bond donors (Lipinski definition) is 1. The van der Waals surface area contributed by atoms with Crippen LogP contribution in [0.4, 0.5) is 0 Å². The SMILES string of the molecule is COC1=CC(C=CCO)CC(OC)C1=O. The van der Waals surface area contributed by atoms with Crippen LogP contribution >= 0.6 is 0 Å². The van der Waals surface area contributed by atoms with Crippen LogP contribution in [0.2, 0.25) is 0 Å². The third-order valence-corrected chi connectivity index (χ3v) is 2.38. The van der Waals surface area contributed by atoms with Crippen LogP contribution in [0.25, 0.3) is 0 Å². The highest BCUT2D eigenvalue weighted by atomic mass is 16.5. The fraction of sp³-hybridized carbons (Fsp3) is 0.545. The number of ketones is 1. The second kappa shape index (κ2) is 5.68. The van der Waals surface area contributed by atoms with Crippen molar-refractivity contribution in [2.24, 2.45) is 5.92 Å². The Kier molecular flexibility index (Phi) is 4.52. The average molecular weight is 212 g/mol. The van der Waals surface area contributed by atoms with E-state index in [1.54, 1.807) is 12.2 Å². The number of aliphatic hydroxyl groups excluding tert-OH is 1.